The summed E-state index contributed by atoms with van der Waals surface area (Å²) in [6, 6.07) is 21.9. The molecule has 7 heteroatoms. The molecule has 5 rings (SSSR count). The third-order valence-corrected chi connectivity index (χ3v) is 7.01. The number of nitrogens with zero attached hydrogens (tertiary/aromatic N) is 3. The average Bonchev–Trinajstić information content (AvgIpc) is 3.19. The van der Waals surface area contributed by atoms with Crippen LogP contribution >= 0.6 is 0 Å². The lowest BCUT2D eigenvalue weighted by molar-refractivity contribution is 0.565. The van der Waals surface area contributed by atoms with Gasteiger partial charge in [-0.2, -0.15) is 4.98 Å². The number of fused-ring (bicyclic) bond motifs is 2. The van der Waals surface area contributed by atoms with Crippen LogP contribution in [0.3, 0.4) is 0 Å². The van der Waals surface area contributed by atoms with Gasteiger partial charge in [0.2, 0.25) is 0 Å². The number of likely N-dealkylation sites (N-methyl/N-ethyl adjacent to an activating group) is 1. The van der Waals surface area contributed by atoms with Gasteiger partial charge in [-0.05, 0) is 54.4 Å². The highest BCUT2D eigenvalue weighted by atomic mass is 32.2. The summed E-state index contributed by atoms with van der Waals surface area (Å²) in [6.07, 6.45) is 1.22. The van der Waals surface area contributed by atoms with Gasteiger partial charge in [0.05, 0.1) is 16.3 Å². The summed E-state index contributed by atoms with van der Waals surface area (Å²) in [5, 5.41) is 0. The molecule has 1 aliphatic heterocycles. The minimum absolute atomic E-state index is 0.280. The van der Waals surface area contributed by atoms with Gasteiger partial charge < -0.3 is 9.32 Å². The Hall–Kier alpha value is -3.32. The van der Waals surface area contributed by atoms with Gasteiger partial charge in [-0.1, -0.05) is 30.3 Å². The summed E-state index contributed by atoms with van der Waals surface area (Å²) < 4.78 is 29.6. The van der Waals surface area contributed by atoms with Crippen molar-refractivity contribution in [2.75, 3.05) is 29.6 Å². The van der Waals surface area contributed by atoms with Gasteiger partial charge in [0.25, 0.3) is 0 Å². The molecule has 2 heterocycles. The van der Waals surface area contributed by atoms with Crippen LogP contribution in [-0.4, -0.2) is 39.3 Å². The first-order valence-electron chi connectivity index (χ1n) is 10.1. The van der Waals surface area contributed by atoms with E-state index in [0.29, 0.717) is 10.9 Å². The van der Waals surface area contributed by atoms with Gasteiger partial charge in [-0.25, -0.2) is 8.42 Å². The van der Waals surface area contributed by atoms with Crippen molar-refractivity contribution in [2.45, 2.75) is 17.9 Å². The molecule has 158 valence electrons. The second-order valence-electron chi connectivity index (χ2n) is 8.03. The van der Waals surface area contributed by atoms with Crippen molar-refractivity contribution >= 4 is 38.3 Å². The maximum Gasteiger partial charge on any atom is 0.303 e. The fraction of sp³-hybridized carbons (Fsp3) is 0.208. The molecule has 1 aromatic heterocycles. The Bertz CT molecular complexity index is 1340. The van der Waals surface area contributed by atoms with Crippen molar-refractivity contribution in [1.29, 1.82) is 0 Å². The highest BCUT2D eigenvalue weighted by Gasteiger charge is 2.29. The van der Waals surface area contributed by atoms with E-state index in [2.05, 4.69) is 42.0 Å². The largest absolute Gasteiger partial charge is 0.423 e. The lowest BCUT2D eigenvalue weighted by Gasteiger charge is -2.40. The molecular formula is C24H23N3O3S. The average molecular weight is 434 g/mol. The number of para-hydroxylation sites is 2. The number of aromatic nitrogens is 1. The van der Waals surface area contributed by atoms with Crippen molar-refractivity contribution in [2.24, 2.45) is 0 Å². The molecule has 1 unspecified atom stereocenters. The van der Waals surface area contributed by atoms with Crippen molar-refractivity contribution in [3.63, 3.8) is 0 Å². The van der Waals surface area contributed by atoms with Crippen LogP contribution in [0.25, 0.3) is 22.2 Å². The predicted octanol–water partition coefficient (Wildman–Crippen LogP) is 4.87. The predicted molar refractivity (Wildman–Crippen MR) is 124 cm³/mol. The zero-order valence-corrected chi connectivity index (χ0v) is 18.4. The molecule has 0 radical (unpaired) electrons. The van der Waals surface area contributed by atoms with Crippen molar-refractivity contribution in [1.82, 2.24) is 4.98 Å². The second-order valence-corrected chi connectivity index (χ2v) is 10.1. The first-order chi connectivity index (χ1) is 14.8. The number of anilines is 3. The van der Waals surface area contributed by atoms with Crippen molar-refractivity contribution in [3.8, 4) is 11.1 Å². The van der Waals surface area contributed by atoms with Crippen LogP contribution in [0, 0.1) is 0 Å². The number of hydrogen-bond acceptors (Lipinski definition) is 6. The lowest BCUT2D eigenvalue weighted by atomic mass is 10.0. The zero-order chi connectivity index (χ0) is 21.8. The van der Waals surface area contributed by atoms with Gasteiger partial charge >= 0.3 is 6.01 Å². The number of rotatable bonds is 3. The lowest BCUT2D eigenvalue weighted by Crippen LogP contribution is -2.43. The topological polar surface area (TPSA) is 66.7 Å². The summed E-state index contributed by atoms with van der Waals surface area (Å²) in [5.74, 6) is 0. The van der Waals surface area contributed by atoms with Gasteiger partial charge in [0.15, 0.2) is 15.4 Å². The maximum absolute atomic E-state index is 11.8. The summed E-state index contributed by atoms with van der Waals surface area (Å²) in [7, 11) is -1.13. The van der Waals surface area contributed by atoms with Gasteiger partial charge in [0, 0.05) is 25.9 Å². The molecule has 0 saturated heterocycles. The number of sulfone groups is 1. The third kappa shape index (κ3) is 3.45. The van der Waals surface area contributed by atoms with Crippen LogP contribution in [0.15, 0.2) is 76.0 Å². The highest BCUT2D eigenvalue weighted by molar-refractivity contribution is 7.90. The first kappa shape index (κ1) is 19.6. The van der Waals surface area contributed by atoms with Gasteiger partial charge in [-0.15, -0.1) is 0 Å². The Labute approximate surface area is 181 Å². The molecule has 0 spiro atoms. The Kier molecular flexibility index (Phi) is 4.51. The van der Waals surface area contributed by atoms with E-state index in [1.165, 1.54) is 6.26 Å². The fourth-order valence-corrected chi connectivity index (χ4v) is 4.62. The van der Waals surface area contributed by atoms with E-state index in [1.54, 1.807) is 12.1 Å². The first-order valence-corrected chi connectivity index (χ1v) is 12.0. The Morgan fingerprint density at radius 1 is 0.968 bits per heavy atom. The molecule has 6 nitrogen and oxygen atoms in total. The molecule has 0 bridgehead atoms. The smallest absolute Gasteiger partial charge is 0.303 e. The molecule has 0 amide bonds. The van der Waals surface area contributed by atoms with E-state index in [0.717, 1.165) is 40.1 Å². The minimum atomic E-state index is -3.22. The zero-order valence-electron chi connectivity index (χ0n) is 17.6. The van der Waals surface area contributed by atoms with E-state index >= 15 is 0 Å². The SMILES string of the molecule is CC1CN(c2nc3ccccc3o2)c2cc(-c3ccc(S(C)(=O)=O)cc3)ccc2N1C. The van der Waals surface area contributed by atoms with E-state index in [-0.39, 0.29) is 6.04 Å². The molecule has 0 fully saturated rings. The molecule has 4 aromatic rings. The number of oxazole rings is 1. The van der Waals surface area contributed by atoms with Crippen LogP contribution in [0.5, 0.6) is 0 Å². The quantitative estimate of drug-likeness (QED) is 0.459. The van der Waals surface area contributed by atoms with Crippen LogP contribution in [0.2, 0.25) is 0 Å². The van der Waals surface area contributed by atoms with Crippen molar-refractivity contribution < 1.29 is 12.8 Å². The van der Waals surface area contributed by atoms with Crippen LogP contribution < -0.4 is 9.80 Å². The Balaban J connectivity index is 1.60. The van der Waals surface area contributed by atoms with Crippen LogP contribution in [0.1, 0.15) is 6.92 Å². The number of hydrogen-bond donors (Lipinski definition) is 0. The van der Waals surface area contributed by atoms with Crippen LogP contribution in [0.4, 0.5) is 17.4 Å². The van der Waals surface area contributed by atoms with Gasteiger partial charge in [0.1, 0.15) is 5.52 Å². The standard InChI is InChI=1S/C24H23N3O3S/c1-16-15-27(24-25-20-6-4-5-7-23(20)30-24)22-14-18(10-13-21(22)26(16)2)17-8-11-19(12-9-17)31(3,28)29/h4-14,16H,15H2,1-3H3. The molecule has 0 aliphatic carbocycles. The maximum atomic E-state index is 11.8. The Morgan fingerprint density at radius 3 is 2.39 bits per heavy atom. The van der Waals surface area contributed by atoms with Crippen molar-refractivity contribution in [3.05, 3.63) is 66.7 Å². The summed E-state index contributed by atoms with van der Waals surface area (Å²) in [6.45, 7) is 2.92. The molecular weight excluding hydrogens is 410 g/mol. The Morgan fingerprint density at radius 2 is 1.68 bits per heavy atom. The summed E-state index contributed by atoms with van der Waals surface area (Å²) in [4.78, 5) is 9.40. The summed E-state index contributed by atoms with van der Waals surface area (Å²) >= 11 is 0. The highest BCUT2D eigenvalue weighted by Crippen LogP contribution is 2.41. The van der Waals surface area contributed by atoms with E-state index in [9.17, 15) is 8.42 Å². The molecule has 0 saturated carbocycles. The fourth-order valence-electron chi connectivity index (χ4n) is 3.99. The summed E-state index contributed by atoms with van der Waals surface area (Å²) in [5.41, 5.74) is 5.66. The van der Waals surface area contributed by atoms with E-state index < -0.39 is 9.84 Å². The second kappa shape index (κ2) is 7.13. The van der Waals surface area contributed by atoms with Gasteiger partial charge in [-0.3, -0.25) is 4.90 Å². The van der Waals surface area contributed by atoms with E-state index in [4.69, 9.17) is 9.40 Å². The molecule has 0 N–H and O–H groups in total. The normalized spacial score (nSPS) is 16.5. The number of benzene rings is 3. The third-order valence-electron chi connectivity index (χ3n) is 5.88. The monoisotopic (exact) mass is 433 g/mol. The van der Waals surface area contributed by atoms with E-state index in [1.807, 2.05) is 36.4 Å². The minimum Gasteiger partial charge on any atom is -0.423 e. The molecule has 31 heavy (non-hydrogen) atoms. The molecule has 1 atom stereocenters. The van der Waals surface area contributed by atoms with Crippen LogP contribution in [-0.2, 0) is 9.84 Å². The molecule has 3 aromatic carbocycles. The molecule has 1 aliphatic rings.